The number of carbonyl (C=O) groups excluding carboxylic acids is 1. The summed E-state index contributed by atoms with van der Waals surface area (Å²) in [5.41, 5.74) is 1.17. The Kier molecular flexibility index (Phi) is 4.35. The van der Waals surface area contributed by atoms with Crippen LogP contribution in [-0.2, 0) is 4.79 Å². The predicted octanol–water partition coefficient (Wildman–Crippen LogP) is 3.02. The van der Waals surface area contributed by atoms with Gasteiger partial charge in [0.25, 0.3) is 0 Å². The molecule has 1 aliphatic heterocycles. The normalized spacial score (nSPS) is 19.6. The van der Waals surface area contributed by atoms with E-state index in [1.807, 2.05) is 29.4 Å². The van der Waals surface area contributed by atoms with Crippen LogP contribution in [0.25, 0.3) is 0 Å². The maximum Gasteiger partial charge on any atom is 0.232 e. The molecule has 1 aromatic rings. The zero-order chi connectivity index (χ0) is 12.3. The first kappa shape index (κ1) is 12.8. The third kappa shape index (κ3) is 2.96. The van der Waals surface area contributed by atoms with E-state index in [-0.39, 0.29) is 5.91 Å². The molecule has 17 heavy (non-hydrogen) atoms. The molecule has 1 fully saturated rings. The van der Waals surface area contributed by atoms with Gasteiger partial charge in [0, 0.05) is 24.0 Å². The molecular weight excluding hydrogens is 254 g/mol. The Labute approximate surface area is 111 Å². The van der Waals surface area contributed by atoms with Crippen LogP contribution in [0.4, 0.5) is 0 Å². The topological polar surface area (TPSA) is 20.3 Å². The molecule has 1 heterocycles. The molecule has 0 aromatic heterocycles. The molecule has 0 bridgehead atoms. The molecule has 0 saturated carbocycles. The smallest absolute Gasteiger partial charge is 0.232 e. The van der Waals surface area contributed by atoms with Gasteiger partial charge in [0.1, 0.15) is 0 Å². The predicted molar refractivity (Wildman–Crippen MR) is 73.8 cm³/mol. The lowest BCUT2D eigenvalue weighted by atomic mass is 9.98. The molecule has 0 N–H and O–H groups in total. The second-order valence-electron chi connectivity index (χ2n) is 4.28. The number of benzene rings is 1. The highest BCUT2D eigenvalue weighted by molar-refractivity contribution is 7.99. The van der Waals surface area contributed by atoms with Crippen molar-refractivity contribution in [3.8, 4) is 0 Å². The lowest BCUT2D eigenvalue weighted by Crippen LogP contribution is -2.29. The van der Waals surface area contributed by atoms with Crippen molar-refractivity contribution >= 4 is 29.3 Å². The van der Waals surface area contributed by atoms with E-state index in [2.05, 4.69) is 6.07 Å². The van der Waals surface area contributed by atoms with Gasteiger partial charge in [-0.2, -0.15) is 11.8 Å². The monoisotopic (exact) mass is 269 g/mol. The first-order chi connectivity index (χ1) is 8.22. The molecule has 0 radical (unpaired) electrons. The standard InChI is InChI=1S/C13H16ClNOS/c1-17-9-13(16)15-7-6-10(8-15)11-4-2-3-5-12(11)14/h2-5,10H,6-9H2,1H3/t10-/m1/s1. The highest BCUT2D eigenvalue weighted by atomic mass is 35.5. The number of likely N-dealkylation sites (tertiary alicyclic amines) is 1. The van der Waals surface area contributed by atoms with E-state index in [9.17, 15) is 4.79 Å². The fourth-order valence-electron chi connectivity index (χ4n) is 2.26. The van der Waals surface area contributed by atoms with Crippen LogP contribution in [0.1, 0.15) is 17.9 Å². The fourth-order valence-corrected chi connectivity index (χ4v) is 2.98. The van der Waals surface area contributed by atoms with Gasteiger partial charge >= 0.3 is 0 Å². The van der Waals surface area contributed by atoms with Gasteiger partial charge in [-0.25, -0.2) is 0 Å². The van der Waals surface area contributed by atoms with E-state index < -0.39 is 0 Å². The Morgan fingerprint density at radius 1 is 1.53 bits per heavy atom. The molecule has 1 amide bonds. The van der Waals surface area contributed by atoms with Crippen molar-refractivity contribution in [2.45, 2.75) is 12.3 Å². The van der Waals surface area contributed by atoms with Crippen molar-refractivity contribution in [1.29, 1.82) is 0 Å². The largest absolute Gasteiger partial charge is 0.341 e. The van der Waals surface area contributed by atoms with Crippen molar-refractivity contribution < 1.29 is 4.79 Å². The van der Waals surface area contributed by atoms with Gasteiger partial charge in [0.05, 0.1) is 5.75 Å². The summed E-state index contributed by atoms with van der Waals surface area (Å²) in [5.74, 6) is 1.22. The molecule has 1 atom stereocenters. The molecular formula is C13H16ClNOS. The molecule has 1 aromatic carbocycles. The minimum Gasteiger partial charge on any atom is -0.341 e. The van der Waals surface area contributed by atoms with Crippen molar-refractivity contribution in [2.75, 3.05) is 25.1 Å². The van der Waals surface area contributed by atoms with Gasteiger partial charge in [-0.3, -0.25) is 4.79 Å². The summed E-state index contributed by atoms with van der Waals surface area (Å²) >= 11 is 7.76. The van der Waals surface area contributed by atoms with E-state index in [0.29, 0.717) is 11.7 Å². The average molecular weight is 270 g/mol. The van der Waals surface area contributed by atoms with Gasteiger partial charge in [-0.1, -0.05) is 29.8 Å². The van der Waals surface area contributed by atoms with Crippen LogP contribution in [0, 0.1) is 0 Å². The third-order valence-corrected chi connectivity index (χ3v) is 4.03. The van der Waals surface area contributed by atoms with Gasteiger partial charge in [0.2, 0.25) is 5.91 Å². The molecule has 0 unspecified atom stereocenters. The van der Waals surface area contributed by atoms with Gasteiger partial charge < -0.3 is 4.90 Å². The van der Waals surface area contributed by atoms with Crippen molar-refractivity contribution in [3.05, 3.63) is 34.9 Å². The van der Waals surface area contributed by atoms with Crippen molar-refractivity contribution in [1.82, 2.24) is 4.90 Å². The second kappa shape index (κ2) is 5.78. The van der Waals surface area contributed by atoms with E-state index in [1.54, 1.807) is 11.8 Å². The van der Waals surface area contributed by atoms with E-state index in [1.165, 1.54) is 5.56 Å². The van der Waals surface area contributed by atoms with Crippen LogP contribution in [0.5, 0.6) is 0 Å². The zero-order valence-electron chi connectivity index (χ0n) is 9.86. The summed E-state index contributed by atoms with van der Waals surface area (Å²) in [5, 5.41) is 0.816. The maximum atomic E-state index is 11.8. The third-order valence-electron chi connectivity index (χ3n) is 3.15. The summed E-state index contributed by atoms with van der Waals surface area (Å²) < 4.78 is 0. The highest BCUT2D eigenvalue weighted by Crippen LogP contribution is 2.31. The van der Waals surface area contributed by atoms with Crippen LogP contribution in [0.15, 0.2) is 24.3 Å². The number of nitrogens with zero attached hydrogens (tertiary/aromatic N) is 1. The first-order valence-electron chi connectivity index (χ1n) is 5.73. The molecule has 0 spiro atoms. The molecule has 2 nitrogen and oxygen atoms in total. The molecule has 0 aliphatic carbocycles. The Balaban J connectivity index is 2.03. The molecule has 92 valence electrons. The Hall–Kier alpha value is -0.670. The number of thioether (sulfide) groups is 1. The molecule has 1 saturated heterocycles. The number of amides is 1. The summed E-state index contributed by atoms with van der Waals surface area (Å²) in [6.45, 7) is 1.67. The number of carbonyl (C=O) groups is 1. The minimum atomic E-state index is 0.243. The van der Waals surface area contributed by atoms with Gasteiger partial charge in [-0.05, 0) is 24.3 Å². The number of hydrogen-bond acceptors (Lipinski definition) is 2. The lowest BCUT2D eigenvalue weighted by molar-refractivity contribution is -0.127. The SMILES string of the molecule is CSCC(=O)N1CC[C@@H](c2ccccc2Cl)C1. The van der Waals surface area contributed by atoms with Crippen molar-refractivity contribution in [2.24, 2.45) is 0 Å². The average Bonchev–Trinajstić information content (AvgIpc) is 2.79. The second-order valence-corrected chi connectivity index (χ2v) is 5.55. The highest BCUT2D eigenvalue weighted by Gasteiger charge is 2.27. The molecule has 1 aliphatic rings. The zero-order valence-corrected chi connectivity index (χ0v) is 11.4. The summed E-state index contributed by atoms with van der Waals surface area (Å²) in [7, 11) is 0. The van der Waals surface area contributed by atoms with E-state index in [4.69, 9.17) is 11.6 Å². The van der Waals surface area contributed by atoms with E-state index in [0.717, 1.165) is 24.5 Å². The molecule has 2 rings (SSSR count). The van der Waals surface area contributed by atoms with Crippen molar-refractivity contribution in [3.63, 3.8) is 0 Å². The lowest BCUT2D eigenvalue weighted by Gasteiger charge is -2.16. The summed E-state index contributed by atoms with van der Waals surface area (Å²) in [4.78, 5) is 13.7. The van der Waals surface area contributed by atoms with Crippen LogP contribution in [0.2, 0.25) is 5.02 Å². The summed E-state index contributed by atoms with van der Waals surface area (Å²) in [6.07, 6.45) is 2.98. The summed E-state index contributed by atoms with van der Waals surface area (Å²) in [6, 6.07) is 7.93. The Bertz CT molecular complexity index is 410. The number of halogens is 1. The van der Waals surface area contributed by atoms with Crippen LogP contribution in [0.3, 0.4) is 0 Å². The van der Waals surface area contributed by atoms with Gasteiger partial charge in [0.15, 0.2) is 0 Å². The Morgan fingerprint density at radius 3 is 3.00 bits per heavy atom. The van der Waals surface area contributed by atoms with Crippen LogP contribution in [-0.4, -0.2) is 35.9 Å². The van der Waals surface area contributed by atoms with Gasteiger partial charge in [-0.15, -0.1) is 0 Å². The Morgan fingerprint density at radius 2 is 2.29 bits per heavy atom. The fraction of sp³-hybridized carbons (Fsp3) is 0.462. The minimum absolute atomic E-state index is 0.243. The van der Waals surface area contributed by atoms with Crippen LogP contribution >= 0.6 is 23.4 Å². The maximum absolute atomic E-state index is 11.8. The van der Waals surface area contributed by atoms with Crippen LogP contribution < -0.4 is 0 Å². The van der Waals surface area contributed by atoms with E-state index >= 15 is 0 Å². The molecule has 4 heteroatoms. The number of rotatable bonds is 3. The first-order valence-corrected chi connectivity index (χ1v) is 7.50. The quantitative estimate of drug-likeness (QED) is 0.841. The number of hydrogen-bond donors (Lipinski definition) is 0.